The Labute approximate surface area is 127 Å². The second-order valence-electron chi connectivity index (χ2n) is 5.62. The Bertz CT molecular complexity index is 535. The molecule has 2 rings (SSSR count). The molecular weight excluding hydrogens is 260 g/mol. The highest BCUT2D eigenvalue weighted by Gasteiger charge is 2.22. The number of rotatable bonds is 7. The van der Waals surface area contributed by atoms with Gasteiger partial charge in [-0.25, -0.2) is 0 Å². The highest BCUT2D eigenvalue weighted by atomic mass is 15.2. The summed E-state index contributed by atoms with van der Waals surface area (Å²) in [5, 5.41) is 7.85. The molecular formula is C17H26N4. The molecule has 0 saturated carbocycles. The molecule has 0 aliphatic carbocycles. The maximum atomic E-state index is 4.24. The van der Waals surface area contributed by atoms with E-state index < -0.39 is 0 Å². The molecule has 0 bridgehead atoms. The van der Waals surface area contributed by atoms with Crippen LogP contribution in [-0.4, -0.2) is 34.3 Å². The van der Waals surface area contributed by atoms with Gasteiger partial charge in [-0.3, -0.25) is 9.58 Å². The molecule has 0 saturated heterocycles. The van der Waals surface area contributed by atoms with Crippen LogP contribution in [0.1, 0.15) is 31.0 Å². The Hall–Kier alpha value is -1.65. The minimum Gasteiger partial charge on any atom is -0.309 e. The van der Waals surface area contributed by atoms with Gasteiger partial charge in [0.25, 0.3) is 0 Å². The van der Waals surface area contributed by atoms with Crippen LogP contribution in [0, 0.1) is 0 Å². The number of nitrogens with one attached hydrogen (secondary N) is 1. The second kappa shape index (κ2) is 7.38. The predicted molar refractivity (Wildman–Crippen MR) is 87.0 cm³/mol. The van der Waals surface area contributed by atoms with Gasteiger partial charge in [0.15, 0.2) is 0 Å². The molecule has 0 amide bonds. The lowest BCUT2D eigenvalue weighted by Crippen LogP contribution is -2.40. The van der Waals surface area contributed by atoms with E-state index in [1.165, 1.54) is 11.1 Å². The molecule has 21 heavy (non-hydrogen) atoms. The second-order valence-corrected chi connectivity index (χ2v) is 5.62. The quantitative estimate of drug-likeness (QED) is 0.849. The fourth-order valence-electron chi connectivity index (χ4n) is 2.69. The van der Waals surface area contributed by atoms with Crippen molar-refractivity contribution < 1.29 is 0 Å². The number of aromatic nitrogens is 2. The Morgan fingerprint density at radius 1 is 1.29 bits per heavy atom. The molecule has 2 aromatic rings. The third kappa shape index (κ3) is 4.16. The lowest BCUT2D eigenvalue weighted by atomic mass is 9.99. The number of hydrogen-bond donors (Lipinski definition) is 1. The number of nitrogens with zero attached hydrogens (tertiary/aromatic N) is 3. The first kappa shape index (κ1) is 15.7. The molecule has 0 radical (unpaired) electrons. The van der Waals surface area contributed by atoms with Crippen LogP contribution >= 0.6 is 0 Å². The zero-order valence-corrected chi connectivity index (χ0v) is 13.5. The third-order valence-corrected chi connectivity index (χ3v) is 3.95. The summed E-state index contributed by atoms with van der Waals surface area (Å²) >= 11 is 0. The average Bonchev–Trinajstić information content (AvgIpc) is 2.90. The van der Waals surface area contributed by atoms with Crippen molar-refractivity contribution in [3.05, 3.63) is 53.9 Å². The monoisotopic (exact) mass is 286 g/mol. The molecule has 114 valence electrons. The Morgan fingerprint density at radius 2 is 2.00 bits per heavy atom. The first-order valence-corrected chi connectivity index (χ1v) is 7.58. The zero-order chi connectivity index (χ0) is 15.2. The van der Waals surface area contributed by atoms with Crippen molar-refractivity contribution in [3.8, 4) is 0 Å². The molecule has 4 nitrogen and oxygen atoms in total. The predicted octanol–water partition coefficient (Wildman–Crippen LogP) is 2.59. The summed E-state index contributed by atoms with van der Waals surface area (Å²) in [6.45, 7) is 6.30. The van der Waals surface area contributed by atoms with Crippen molar-refractivity contribution >= 4 is 0 Å². The molecule has 2 atom stereocenters. The van der Waals surface area contributed by atoms with E-state index in [1.54, 1.807) is 0 Å². The number of aryl methyl sites for hydroxylation is 1. The molecule has 1 aromatic carbocycles. The third-order valence-electron chi connectivity index (χ3n) is 3.95. The molecule has 4 heteroatoms. The fraction of sp³-hybridized carbons (Fsp3) is 0.471. The number of hydrogen-bond acceptors (Lipinski definition) is 3. The van der Waals surface area contributed by atoms with Crippen molar-refractivity contribution in [2.75, 3.05) is 13.6 Å². The summed E-state index contributed by atoms with van der Waals surface area (Å²) in [6, 6.07) is 11.4. The van der Waals surface area contributed by atoms with Gasteiger partial charge in [0, 0.05) is 37.4 Å². The highest BCUT2D eigenvalue weighted by Crippen LogP contribution is 2.21. The van der Waals surface area contributed by atoms with Crippen molar-refractivity contribution in [3.63, 3.8) is 0 Å². The Balaban J connectivity index is 2.08. The zero-order valence-electron chi connectivity index (χ0n) is 13.5. The van der Waals surface area contributed by atoms with Crippen LogP contribution in [0.25, 0.3) is 0 Å². The maximum absolute atomic E-state index is 4.24. The molecule has 0 spiro atoms. The Kier molecular flexibility index (Phi) is 5.53. The molecule has 1 N–H and O–H groups in total. The van der Waals surface area contributed by atoms with E-state index >= 15 is 0 Å². The largest absolute Gasteiger partial charge is 0.309 e. The van der Waals surface area contributed by atoms with Crippen LogP contribution in [0.5, 0.6) is 0 Å². The first-order valence-electron chi connectivity index (χ1n) is 7.58. The van der Waals surface area contributed by atoms with Crippen molar-refractivity contribution in [1.29, 1.82) is 0 Å². The lowest BCUT2D eigenvalue weighted by Gasteiger charge is -2.32. The van der Waals surface area contributed by atoms with Crippen LogP contribution < -0.4 is 5.32 Å². The van der Waals surface area contributed by atoms with E-state index in [-0.39, 0.29) is 0 Å². The Morgan fingerprint density at radius 3 is 2.57 bits per heavy atom. The van der Waals surface area contributed by atoms with Crippen molar-refractivity contribution in [2.24, 2.45) is 7.05 Å². The van der Waals surface area contributed by atoms with Crippen molar-refractivity contribution in [1.82, 2.24) is 20.0 Å². The van der Waals surface area contributed by atoms with Gasteiger partial charge in [0.1, 0.15) is 0 Å². The lowest BCUT2D eigenvalue weighted by molar-refractivity contribution is 0.200. The van der Waals surface area contributed by atoms with E-state index in [4.69, 9.17) is 0 Å². The SMILES string of the molecule is CCNC(c1ccccc1)C(C)N(C)Cc1cnn(C)c1. The van der Waals surface area contributed by atoms with Gasteiger partial charge in [0.2, 0.25) is 0 Å². The van der Waals surface area contributed by atoms with E-state index in [2.05, 4.69) is 72.7 Å². The average molecular weight is 286 g/mol. The van der Waals surface area contributed by atoms with Gasteiger partial charge in [-0.1, -0.05) is 37.3 Å². The van der Waals surface area contributed by atoms with Crippen LogP contribution in [0.2, 0.25) is 0 Å². The van der Waals surface area contributed by atoms with Gasteiger partial charge < -0.3 is 5.32 Å². The van der Waals surface area contributed by atoms with Gasteiger partial charge in [-0.15, -0.1) is 0 Å². The van der Waals surface area contributed by atoms with E-state index in [9.17, 15) is 0 Å². The molecule has 1 heterocycles. The van der Waals surface area contributed by atoms with E-state index in [1.807, 2.05) is 17.9 Å². The van der Waals surface area contributed by atoms with Crippen LogP contribution in [0.15, 0.2) is 42.7 Å². The van der Waals surface area contributed by atoms with Crippen molar-refractivity contribution in [2.45, 2.75) is 32.5 Å². The summed E-state index contributed by atoms with van der Waals surface area (Å²) in [5.74, 6) is 0. The van der Waals surface area contributed by atoms with Crippen LogP contribution in [0.3, 0.4) is 0 Å². The summed E-state index contributed by atoms with van der Waals surface area (Å²) in [5.41, 5.74) is 2.58. The minimum atomic E-state index is 0.331. The molecule has 2 unspecified atom stereocenters. The van der Waals surface area contributed by atoms with Gasteiger partial charge in [-0.05, 0) is 26.1 Å². The summed E-state index contributed by atoms with van der Waals surface area (Å²) in [7, 11) is 4.13. The highest BCUT2D eigenvalue weighted by molar-refractivity contribution is 5.20. The first-order chi connectivity index (χ1) is 10.1. The minimum absolute atomic E-state index is 0.331. The smallest absolute Gasteiger partial charge is 0.0534 e. The molecule has 1 aromatic heterocycles. The maximum Gasteiger partial charge on any atom is 0.0534 e. The molecule has 0 aliphatic rings. The van der Waals surface area contributed by atoms with Gasteiger partial charge in [0.05, 0.1) is 6.20 Å². The summed E-state index contributed by atoms with van der Waals surface area (Å²) < 4.78 is 1.85. The van der Waals surface area contributed by atoms with E-state index in [0.29, 0.717) is 12.1 Å². The van der Waals surface area contributed by atoms with Gasteiger partial charge in [-0.2, -0.15) is 5.10 Å². The number of likely N-dealkylation sites (N-methyl/N-ethyl adjacent to an activating group) is 2. The van der Waals surface area contributed by atoms with E-state index in [0.717, 1.165) is 13.1 Å². The standard InChI is InChI=1S/C17H26N4/c1-5-18-17(16-9-7-6-8-10-16)14(2)20(3)12-15-11-19-21(4)13-15/h6-11,13-14,17-18H,5,12H2,1-4H3. The fourth-order valence-corrected chi connectivity index (χ4v) is 2.69. The van der Waals surface area contributed by atoms with Crippen LogP contribution in [-0.2, 0) is 13.6 Å². The summed E-state index contributed by atoms with van der Waals surface area (Å²) in [6.07, 6.45) is 4.02. The molecule has 0 aliphatic heterocycles. The normalized spacial score (nSPS) is 14.3. The number of benzene rings is 1. The summed E-state index contributed by atoms with van der Waals surface area (Å²) in [4.78, 5) is 2.37. The topological polar surface area (TPSA) is 33.1 Å². The van der Waals surface area contributed by atoms with Crippen LogP contribution in [0.4, 0.5) is 0 Å². The van der Waals surface area contributed by atoms with Gasteiger partial charge >= 0.3 is 0 Å². The molecule has 0 fully saturated rings.